The first-order chi connectivity index (χ1) is 11.2. The van der Waals surface area contributed by atoms with Crippen molar-refractivity contribution >= 4 is 11.8 Å². The second-order valence-corrected chi connectivity index (χ2v) is 6.21. The van der Waals surface area contributed by atoms with E-state index in [0.717, 1.165) is 47.4 Å². The van der Waals surface area contributed by atoms with Gasteiger partial charge >= 0.3 is 0 Å². The molecule has 0 atom stereocenters. The van der Waals surface area contributed by atoms with E-state index in [4.69, 9.17) is 4.98 Å². The van der Waals surface area contributed by atoms with Crippen LogP contribution in [-0.4, -0.2) is 41.5 Å². The maximum Gasteiger partial charge on any atom is 0.168 e. The molecule has 6 nitrogen and oxygen atoms in total. The zero-order valence-electron chi connectivity index (χ0n) is 13.6. The van der Waals surface area contributed by atoms with Crippen LogP contribution in [0.1, 0.15) is 18.4 Å². The summed E-state index contributed by atoms with van der Waals surface area (Å²) in [7, 11) is 0. The summed E-state index contributed by atoms with van der Waals surface area (Å²) in [6, 6.07) is 5.91. The van der Waals surface area contributed by atoms with E-state index in [1.807, 2.05) is 46.9 Å². The number of hydrogen-bond acceptors (Lipinski definition) is 5. The van der Waals surface area contributed by atoms with E-state index in [1.54, 1.807) is 11.8 Å². The molecule has 23 heavy (non-hydrogen) atoms. The Kier molecular flexibility index (Phi) is 4.76. The highest BCUT2D eigenvalue weighted by Gasteiger charge is 2.16. The minimum atomic E-state index is 0.784. The van der Waals surface area contributed by atoms with Crippen molar-refractivity contribution in [1.82, 2.24) is 29.5 Å². The molecule has 120 valence electrons. The molecule has 0 saturated heterocycles. The zero-order valence-corrected chi connectivity index (χ0v) is 14.4. The summed E-state index contributed by atoms with van der Waals surface area (Å²) in [4.78, 5) is 9.30. The van der Waals surface area contributed by atoms with Crippen LogP contribution in [0.15, 0.2) is 30.6 Å². The molecule has 0 aliphatic heterocycles. The Morgan fingerprint density at radius 3 is 2.78 bits per heavy atom. The molecular weight excluding hydrogens is 308 g/mol. The Bertz CT molecular complexity index is 791. The van der Waals surface area contributed by atoms with Crippen LogP contribution >= 0.6 is 11.8 Å². The average Bonchev–Trinajstić information content (AvgIpc) is 3.19. The van der Waals surface area contributed by atoms with E-state index in [2.05, 4.69) is 28.4 Å². The highest BCUT2D eigenvalue weighted by Crippen LogP contribution is 2.20. The fraction of sp³-hybridized carbons (Fsp3) is 0.375. The molecule has 0 amide bonds. The van der Waals surface area contributed by atoms with Gasteiger partial charge < -0.3 is 0 Å². The van der Waals surface area contributed by atoms with Crippen molar-refractivity contribution in [3.05, 3.63) is 42.1 Å². The van der Waals surface area contributed by atoms with Crippen molar-refractivity contribution in [2.45, 2.75) is 26.8 Å². The molecule has 0 unspecified atom stereocenters. The molecule has 0 N–H and O–H groups in total. The van der Waals surface area contributed by atoms with Gasteiger partial charge in [-0.1, -0.05) is 6.07 Å². The van der Waals surface area contributed by atoms with E-state index < -0.39 is 0 Å². The Balaban J connectivity index is 2.06. The van der Waals surface area contributed by atoms with E-state index >= 15 is 0 Å². The number of thioether (sulfide) groups is 1. The molecule has 0 saturated carbocycles. The number of aryl methyl sites for hydroxylation is 3. The molecule has 3 heterocycles. The smallest absolute Gasteiger partial charge is 0.168 e. The number of hydrogen-bond donors (Lipinski definition) is 0. The normalized spacial score (nSPS) is 11.1. The minimum Gasteiger partial charge on any atom is -0.272 e. The lowest BCUT2D eigenvalue weighted by Gasteiger charge is -2.04. The molecule has 0 radical (unpaired) electrons. The van der Waals surface area contributed by atoms with Gasteiger partial charge in [0.1, 0.15) is 0 Å². The molecule has 0 bridgehead atoms. The first kappa shape index (κ1) is 15.7. The summed E-state index contributed by atoms with van der Waals surface area (Å²) in [6.45, 7) is 4.87. The van der Waals surface area contributed by atoms with E-state index in [-0.39, 0.29) is 0 Å². The molecule has 3 aromatic heterocycles. The van der Waals surface area contributed by atoms with Gasteiger partial charge in [0.15, 0.2) is 17.5 Å². The lowest BCUT2D eigenvalue weighted by atomic mass is 10.3. The van der Waals surface area contributed by atoms with Crippen molar-refractivity contribution in [3.63, 3.8) is 0 Å². The van der Waals surface area contributed by atoms with Crippen molar-refractivity contribution in [2.75, 3.05) is 12.0 Å². The summed E-state index contributed by atoms with van der Waals surface area (Å²) in [5.41, 5.74) is 1.91. The first-order valence-corrected chi connectivity index (χ1v) is 9.02. The Morgan fingerprint density at radius 1 is 1.22 bits per heavy atom. The molecule has 0 fully saturated rings. The van der Waals surface area contributed by atoms with Gasteiger partial charge in [-0.25, -0.2) is 9.97 Å². The molecule has 0 spiro atoms. The minimum absolute atomic E-state index is 0.784. The van der Waals surface area contributed by atoms with Crippen molar-refractivity contribution in [3.8, 4) is 17.2 Å². The SMILES string of the molecule is CCn1cc(-c2nc(CCSC)nn2-c2cccc(C)n2)cn1. The second kappa shape index (κ2) is 6.95. The molecule has 0 aromatic carbocycles. The van der Waals surface area contributed by atoms with Gasteiger partial charge in [-0.05, 0) is 32.2 Å². The molecule has 0 aliphatic carbocycles. The maximum absolute atomic E-state index is 4.72. The molecular formula is C16H20N6S. The lowest BCUT2D eigenvalue weighted by molar-refractivity contribution is 0.660. The van der Waals surface area contributed by atoms with Crippen LogP contribution in [-0.2, 0) is 13.0 Å². The summed E-state index contributed by atoms with van der Waals surface area (Å²) in [5.74, 6) is 3.41. The third kappa shape index (κ3) is 3.44. The van der Waals surface area contributed by atoms with Crippen molar-refractivity contribution in [1.29, 1.82) is 0 Å². The Labute approximate surface area is 140 Å². The van der Waals surface area contributed by atoms with Crippen LogP contribution in [0.5, 0.6) is 0 Å². The number of pyridine rings is 1. The molecule has 3 rings (SSSR count). The van der Waals surface area contributed by atoms with Gasteiger partial charge in [0.25, 0.3) is 0 Å². The van der Waals surface area contributed by atoms with Gasteiger partial charge in [0.05, 0.1) is 11.8 Å². The summed E-state index contributed by atoms with van der Waals surface area (Å²) < 4.78 is 3.71. The van der Waals surface area contributed by atoms with Crippen LogP contribution < -0.4 is 0 Å². The number of nitrogens with zero attached hydrogens (tertiary/aromatic N) is 6. The van der Waals surface area contributed by atoms with Gasteiger partial charge in [-0.15, -0.1) is 5.10 Å². The monoisotopic (exact) mass is 328 g/mol. The summed E-state index contributed by atoms with van der Waals surface area (Å²) in [6.07, 6.45) is 6.76. The topological polar surface area (TPSA) is 61.4 Å². The Hall–Kier alpha value is -2.15. The van der Waals surface area contributed by atoms with Crippen LogP contribution in [0.3, 0.4) is 0 Å². The standard InChI is InChI=1S/C16H20N6S/c1-4-21-11-13(10-17-21)16-19-14(8-9-23-3)20-22(16)15-7-5-6-12(2)18-15/h5-7,10-11H,4,8-9H2,1-3H3. The van der Waals surface area contributed by atoms with E-state index in [9.17, 15) is 0 Å². The lowest BCUT2D eigenvalue weighted by Crippen LogP contribution is -2.03. The van der Waals surface area contributed by atoms with Crippen LogP contribution in [0.4, 0.5) is 0 Å². The van der Waals surface area contributed by atoms with Crippen LogP contribution in [0.2, 0.25) is 0 Å². The number of rotatable bonds is 6. The third-order valence-corrected chi connectivity index (χ3v) is 4.10. The third-order valence-electron chi connectivity index (χ3n) is 3.49. The quantitative estimate of drug-likeness (QED) is 0.696. The fourth-order valence-electron chi connectivity index (χ4n) is 2.30. The molecule has 3 aromatic rings. The van der Waals surface area contributed by atoms with Crippen molar-refractivity contribution < 1.29 is 0 Å². The molecule has 0 aliphatic rings. The fourth-order valence-corrected chi connectivity index (χ4v) is 2.69. The highest BCUT2D eigenvalue weighted by molar-refractivity contribution is 7.98. The number of aromatic nitrogens is 6. The van der Waals surface area contributed by atoms with E-state index in [0.29, 0.717) is 0 Å². The van der Waals surface area contributed by atoms with Gasteiger partial charge in [-0.3, -0.25) is 4.68 Å². The summed E-state index contributed by atoms with van der Waals surface area (Å²) >= 11 is 1.79. The molecule has 7 heteroatoms. The predicted octanol–water partition coefficient (Wildman–Crippen LogP) is 2.76. The van der Waals surface area contributed by atoms with Crippen molar-refractivity contribution in [2.24, 2.45) is 0 Å². The highest BCUT2D eigenvalue weighted by atomic mass is 32.2. The second-order valence-electron chi connectivity index (χ2n) is 5.23. The van der Waals surface area contributed by atoms with Crippen LogP contribution in [0, 0.1) is 6.92 Å². The average molecular weight is 328 g/mol. The summed E-state index contributed by atoms with van der Waals surface area (Å²) in [5, 5.41) is 9.01. The maximum atomic E-state index is 4.72. The largest absolute Gasteiger partial charge is 0.272 e. The zero-order chi connectivity index (χ0) is 16.2. The van der Waals surface area contributed by atoms with Crippen LogP contribution in [0.25, 0.3) is 17.2 Å². The predicted molar refractivity (Wildman–Crippen MR) is 92.9 cm³/mol. The van der Waals surface area contributed by atoms with E-state index in [1.165, 1.54) is 0 Å². The Morgan fingerprint density at radius 2 is 2.09 bits per heavy atom. The van der Waals surface area contributed by atoms with Gasteiger partial charge in [0, 0.05) is 30.6 Å². The first-order valence-electron chi connectivity index (χ1n) is 7.63. The van der Waals surface area contributed by atoms with Gasteiger partial charge in [0.2, 0.25) is 0 Å². The van der Waals surface area contributed by atoms with Gasteiger partial charge in [-0.2, -0.15) is 21.5 Å².